The number of carbonyl (C=O) groups is 9. The first-order chi connectivity index (χ1) is 35.6. The van der Waals surface area contributed by atoms with Gasteiger partial charge in [-0.15, -0.1) is 0 Å². The number of cyclic esters (lactones) is 1. The first-order valence-corrected chi connectivity index (χ1v) is 25.1. The number of aliphatic hydroxyl groups is 2. The van der Waals surface area contributed by atoms with Crippen LogP contribution in [0.2, 0.25) is 0 Å². The maximum absolute atomic E-state index is 15.0. The number of carbonyl (C=O) groups excluding carboxylic acids is 9. The Bertz CT molecular complexity index is 2500. The lowest BCUT2D eigenvalue weighted by molar-refractivity contribution is -0.158. The van der Waals surface area contributed by atoms with Gasteiger partial charge in [0.05, 0.1) is 19.1 Å². The molecular weight excluding hydrogens is 969 g/mol. The van der Waals surface area contributed by atoms with E-state index in [9.17, 15) is 58.5 Å². The summed E-state index contributed by atoms with van der Waals surface area (Å²) in [6, 6.07) is 11.4. The molecule has 0 saturated carbocycles. The highest BCUT2D eigenvalue weighted by Crippen LogP contribution is 2.20. The Labute approximate surface area is 436 Å². The third-order valence-electron chi connectivity index (χ3n) is 12.4. The molecule has 1 fully saturated rings. The maximum atomic E-state index is 15.0. The van der Waals surface area contributed by atoms with Gasteiger partial charge in [-0.1, -0.05) is 100 Å². The van der Waals surface area contributed by atoms with E-state index in [4.69, 9.17) is 10.5 Å². The number of amides is 8. The van der Waals surface area contributed by atoms with Crippen LogP contribution in [-0.4, -0.2) is 136 Å². The van der Waals surface area contributed by atoms with Crippen LogP contribution in [0.4, 0.5) is 0 Å². The Hall–Kier alpha value is -7.65. The van der Waals surface area contributed by atoms with Crippen LogP contribution in [-0.2, 0) is 67.2 Å². The van der Waals surface area contributed by atoms with Crippen LogP contribution < -0.4 is 37.6 Å². The number of ether oxygens (including phenoxy) is 1. The molecule has 75 heavy (non-hydrogen) atoms. The number of unbranched alkanes of at least 4 members (excludes halogenated alkanes) is 2. The Morgan fingerprint density at radius 2 is 1.35 bits per heavy atom. The van der Waals surface area contributed by atoms with Gasteiger partial charge in [0.2, 0.25) is 35.4 Å². The van der Waals surface area contributed by atoms with E-state index >= 15 is 0 Å². The number of phenolic OH excluding ortho intramolecular Hbond substituents is 1. The molecule has 406 valence electrons. The molecule has 21 heteroatoms. The summed E-state index contributed by atoms with van der Waals surface area (Å²) in [4.78, 5) is 127. The second-order valence-corrected chi connectivity index (χ2v) is 19.0. The number of nitrogens with two attached hydrogens (primary N) is 1. The van der Waals surface area contributed by atoms with Gasteiger partial charge in [-0.2, -0.15) is 0 Å². The van der Waals surface area contributed by atoms with E-state index in [2.05, 4.69) is 38.8 Å². The zero-order chi connectivity index (χ0) is 55.4. The molecule has 0 spiro atoms. The first-order valence-electron chi connectivity index (χ1n) is 25.1. The largest absolute Gasteiger partial charge is 0.508 e. The molecule has 4 rings (SSSR count). The topological polar surface area (TPSA) is 325 Å². The lowest BCUT2D eigenvalue weighted by Crippen LogP contribution is -2.62. The average molecular weight is 1040 g/mol. The van der Waals surface area contributed by atoms with Gasteiger partial charge in [-0.25, -0.2) is 4.79 Å². The molecule has 3 aromatic carbocycles. The molecule has 1 aliphatic rings. The van der Waals surface area contributed by atoms with E-state index < -0.39 is 120 Å². The standard InChI is InChI=1S/C54H72N8O13/c1-7-8-10-17-36-18-13-14-19-37(36)22-25-45(67)60-47-33(5)75-54(74)42(30-63)59-49(69)41(29-44(55)66)58-52(72)46(32(4)64)61-50(70)40(27-34-15-11-9-12-16-34)56-48(68)39(26-31(2)3)57-51(71)43(62(6)53(47)73)28-35-20-23-38(65)24-21-35/h9,11-16,18-21,23-24,28,31-33,39-42,46-47,63-65H,7-8,10,17,22,25-27,29-30H2,1-6H3,(H2,55,66)(H,56,68)(H,57,71)(H,58,72)(H,59,69)(H,60,67)(H,61,70)/t32-,33+,39-,40+,41+,42?,46-,47?/m0/s1. The normalized spacial score (nSPS) is 22.8. The van der Waals surface area contributed by atoms with E-state index in [-0.39, 0.29) is 37.4 Å². The van der Waals surface area contributed by atoms with Gasteiger partial charge in [0, 0.05) is 19.9 Å². The maximum Gasteiger partial charge on any atom is 0.331 e. The lowest BCUT2D eigenvalue weighted by atomic mass is 9.98. The van der Waals surface area contributed by atoms with Crippen LogP contribution in [0.15, 0.2) is 84.6 Å². The minimum Gasteiger partial charge on any atom is -0.508 e. The van der Waals surface area contributed by atoms with Gasteiger partial charge < -0.3 is 62.6 Å². The van der Waals surface area contributed by atoms with Crippen LogP contribution >= 0.6 is 0 Å². The van der Waals surface area contributed by atoms with Crippen molar-refractivity contribution in [2.75, 3.05) is 13.7 Å². The summed E-state index contributed by atoms with van der Waals surface area (Å²) in [7, 11) is 1.22. The van der Waals surface area contributed by atoms with E-state index in [1.54, 1.807) is 44.2 Å². The number of hydrogen-bond acceptors (Lipinski definition) is 13. The van der Waals surface area contributed by atoms with Gasteiger partial charge in [0.25, 0.3) is 11.8 Å². The molecule has 1 heterocycles. The molecule has 0 bridgehead atoms. The molecule has 2 unspecified atom stereocenters. The number of hydrogen-bond donors (Lipinski definition) is 10. The second kappa shape index (κ2) is 29.3. The first kappa shape index (κ1) is 59.9. The van der Waals surface area contributed by atoms with Crippen LogP contribution in [0.1, 0.15) is 95.4 Å². The van der Waals surface area contributed by atoms with Crippen molar-refractivity contribution in [2.45, 2.75) is 141 Å². The molecule has 0 radical (unpaired) electrons. The number of phenols is 1. The van der Waals surface area contributed by atoms with E-state index in [1.165, 1.54) is 44.3 Å². The van der Waals surface area contributed by atoms with Gasteiger partial charge in [-0.05, 0) is 85.9 Å². The monoisotopic (exact) mass is 1040 g/mol. The van der Waals surface area contributed by atoms with Crippen molar-refractivity contribution in [1.29, 1.82) is 0 Å². The number of likely N-dealkylation sites (N-methyl/N-ethyl adjacent to an activating group) is 1. The van der Waals surface area contributed by atoms with Crippen molar-refractivity contribution < 1.29 is 63.2 Å². The summed E-state index contributed by atoms with van der Waals surface area (Å²) in [6.07, 6.45) is 0.863. The highest BCUT2D eigenvalue weighted by Gasteiger charge is 2.39. The number of primary amides is 1. The molecule has 0 aliphatic carbocycles. The van der Waals surface area contributed by atoms with E-state index in [0.29, 0.717) is 11.1 Å². The fraction of sp³-hybridized carbons (Fsp3) is 0.463. The van der Waals surface area contributed by atoms with E-state index in [0.717, 1.165) is 48.6 Å². The zero-order valence-electron chi connectivity index (χ0n) is 43.3. The van der Waals surface area contributed by atoms with Gasteiger partial charge in [0.15, 0.2) is 6.04 Å². The Morgan fingerprint density at radius 1 is 0.760 bits per heavy atom. The molecule has 11 N–H and O–H groups in total. The van der Waals surface area contributed by atoms with Gasteiger partial charge in [-0.3, -0.25) is 38.4 Å². The summed E-state index contributed by atoms with van der Waals surface area (Å²) >= 11 is 0. The minimum absolute atomic E-state index is 0.0111. The van der Waals surface area contributed by atoms with Crippen LogP contribution in [0.3, 0.4) is 0 Å². The molecule has 1 aliphatic heterocycles. The Balaban J connectivity index is 1.87. The predicted molar refractivity (Wildman–Crippen MR) is 276 cm³/mol. The van der Waals surface area contributed by atoms with Crippen LogP contribution in [0.5, 0.6) is 5.75 Å². The Morgan fingerprint density at radius 3 is 1.95 bits per heavy atom. The number of aryl methyl sites for hydroxylation is 2. The van der Waals surface area contributed by atoms with Gasteiger partial charge >= 0.3 is 5.97 Å². The summed E-state index contributed by atoms with van der Waals surface area (Å²) in [5, 5.41) is 46.2. The van der Waals surface area contributed by atoms with Gasteiger partial charge in [0.1, 0.15) is 47.8 Å². The number of benzene rings is 3. The number of aliphatic hydroxyl groups excluding tert-OH is 2. The Kier molecular flexibility index (Phi) is 23.4. The van der Waals surface area contributed by atoms with Crippen molar-refractivity contribution in [3.63, 3.8) is 0 Å². The zero-order valence-corrected chi connectivity index (χ0v) is 43.3. The fourth-order valence-corrected chi connectivity index (χ4v) is 8.24. The SMILES string of the molecule is CCCCCc1ccccc1CCC(=O)NC1C(=O)N(C)C(=Cc2ccc(O)cc2)C(=O)N[C@@H](CC(C)C)C(=O)N[C@H](Cc2ccccc2)C(=O)N[C@@H]([C@H](C)O)C(=O)N[C@H](CC(N)=O)C(=O)NC(CO)C(=O)O[C@@H]1C. The molecule has 0 aromatic heterocycles. The third-order valence-corrected chi connectivity index (χ3v) is 12.4. The summed E-state index contributed by atoms with van der Waals surface area (Å²) in [6.45, 7) is 6.94. The molecular formula is C54H72N8O13. The molecule has 21 nitrogen and oxygen atoms in total. The van der Waals surface area contributed by atoms with Crippen molar-refractivity contribution >= 4 is 59.3 Å². The van der Waals surface area contributed by atoms with Crippen molar-refractivity contribution in [3.05, 3.63) is 107 Å². The van der Waals surface area contributed by atoms with E-state index in [1.807, 2.05) is 24.3 Å². The molecule has 8 amide bonds. The summed E-state index contributed by atoms with van der Waals surface area (Å²) < 4.78 is 5.67. The minimum atomic E-state index is -1.92. The number of aromatic hydroxyl groups is 1. The summed E-state index contributed by atoms with van der Waals surface area (Å²) in [5.41, 5.74) is 7.87. The number of rotatable bonds is 17. The lowest BCUT2D eigenvalue weighted by Gasteiger charge is -2.31. The van der Waals surface area contributed by atoms with Crippen LogP contribution in [0.25, 0.3) is 6.08 Å². The number of nitrogens with one attached hydrogen (secondary N) is 6. The van der Waals surface area contributed by atoms with Crippen molar-refractivity contribution in [2.24, 2.45) is 11.7 Å². The van der Waals surface area contributed by atoms with Crippen LogP contribution in [0, 0.1) is 5.92 Å². The molecule has 3 aromatic rings. The highest BCUT2D eigenvalue weighted by atomic mass is 16.5. The number of nitrogens with zero attached hydrogens (tertiary/aromatic N) is 1. The fourth-order valence-electron chi connectivity index (χ4n) is 8.24. The highest BCUT2D eigenvalue weighted by molar-refractivity contribution is 6.05. The molecule has 1 saturated heterocycles. The predicted octanol–water partition coefficient (Wildman–Crippen LogP) is 0.948. The second-order valence-electron chi connectivity index (χ2n) is 19.0. The molecule has 8 atom stereocenters. The summed E-state index contributed by atoms with van der Waals surface area (Å²) in [5.74, 6) is -9.73. The average Bonchev–Trinajstić information content (AvgIpc) is 3.36. The van der Waals surface area contributed by atoms with Crippen molar-refractivity contribution in [3.8, 4) is 5.75 Å². The smallest absolute Gasteiger partial charge is 0.331 e. The third kappa shape index (κ3) is 18.7. The quantitative estimate of drug-likeness (QED) is 0.0512. The van der Waals surface area contributed by atoms with Crippen molar-refractivity contribution in [1.82, 2.24) is 36.8 Å². The number of esters is 1.